The first-order chi connectivity index (χ1) is 10.3. The van der Waals surface area contributed by atoms with E-state index in [1.54, 1.807) is 0 Å². The highest BCUT2D eigenvalue weighted by molar-refractivity contribution is 5.46. The summed E-state index contributed by atoms with van der Waals surface area (Å²) in [6.07, 6.45) is 9.71. The maximum absolute atomic E-state index is 3.98. The number of para-hydroxylation sites is 1. The number of benzene rings is 1. The van der Waals surface area contributed by atoms with E-state index in [1.165, 1.54) is 63.7 Å². The monoisotopic (exact) mass is 286 g/mol. The van der Waals surface area contributed by atoms with Crippen molar-refractivity contribution in [3.05, 3.63) is 30.3 Å². The van der Waals surface area contributed by atoms with Crippen molar-refractivity contribution in [3.63, 3.8) is 0 Å². The molecular formula is C19H30N2. The van der Waals surface area contributed by atoms with Crippen LogP contribution in [0.3, 0.4) is 0 Å². The number of hydrogen-bond acceptors (Lipinski definition) is 2. The molecule has 1 aromatic rings. The number of piperidine rings is 1. The molecule has 1 heterocycles. The van der Waals surface area contributed by atoms with Gasteiger partial charge >= 0.3 is 0 Å². The highest BCUT2D eigenvalue weighted by atomic mass is 15.2. The van der Waals surface area contributed by atoms with Crippen molar-refractivity contribution in [1.29, 1.82) is 0 Å². The SMILES string of the molecule is CCC1CC(NC2CCCCC2)CN(c2ccccc2)C1. The second kappa shape index (κ2) is 7.31. The predicted octanol–water partition coefficient (Wildman–Crippen LogP) is 4.21. The van der Waals surface area contributed by atoms with Crippen LogP contribution in [-0.2, 0) is 0 Å². The van der Waals surface area contributed by atoms with Gasteiger partial charge in [0.2, 0.25) is 0 Å². The number of anilines is 1. The summed E-state index contributed by atoms with van der Waals surface area (Å²) in [6.45, 7) is 4.75. The standard InChI is InChI=1S/C19H30N2/c1-2-16-13-18(20-17-9-5-3-6-10-17)15-21(14-16)19-11-7-4-8-12-19/h4,7-8,11-12,16-18,20H,2-3,5-6,9-10,13-15H2,1H3. The van der Waals surface area contributed by atoms with Crippen molar-refractivity contribution >= 4 is 5.69 Å². The summed E-state index contributed by atoms with van der Waals surface area (Å²) in [6, 6.07) is 12.4. The van der Waals surface area contributed by atoms with Crippen LogP contribution in [-0.4, -0.2) is 25.2 Å². The van der Waals surface area contributed by atoms with E-state index in [4.69, 9.17) is 0 Å². The van der Waals surface area contributed by atoms with Crippen LogP contribution in [0.25, 0.3) is 0 Å². The van der Waals surface area contributed by atoms with E-state index in [-0.39, 0.29) is 0 Å². The van der Waals surface area contributed by atoms with Crippen LogP contribution in [0.5, 0.6) is 0 Å². The van der Waals surface area contributed by atoms with Gasteiger partial charge in [-0.1, -0.05) is 50.8 Å². The summed E-state index contributed by atoms with van der Waals surface area (Å²) >= 11 is 0. The van der Waals surface area contributed by atoms with E-state index in [9.17, 15) is 0 Å². The van der Waals surface area contributed by atoms with E-state index >= 15 is 0 Å². The Bertz CT molecular complexity index is 411. The molecule has 1 aliphatic carbocycles. The Kier molecular flexibility index (Phi) is 5.18. The molecule has 2 heteroatoms. The van der Waals surface area contributed by atoms with Crippen molar-refractivity contribution in [2.75, 3.05) is 18.0 Å². The molecule has 0 bridgehead atoms. The number of rotatable bonds is 4. The van der Waals surface area contributed by atoms with E-state index in [1.807, 2.05) is 0 Å². The number of nitrogens with one attached hydrogen (secondary N) is 1. The van der Waals surface area contributed by atoms with E-state index in [0.717, 1.165) is 12.0 Å². The Balaban J connectivity index is 1.63. The van der Waals surface area contributed by atoms with Crippen molar-refractivity contribution in [2.45, 2.75) is 64.0 Å². The molecule has 2 unspecified atom stereocenters. The Labute approximate surface area is 129 Å². The van der Waals surface area contributed by atoms with Crippen LogP contribution in [0.4, 0.5) is 5.69 Å². The zero-order valence-electron chi connectivity index (χ0n) is 13.4. The van der Waals surface area contributed by atoms with Crippen LogP contribution in [0.2, 0.25) is 0 Å². The van der Waals surface area contributed by atoms with Gasteiger partial charge in [0.05, 0.1) is 0 Å². The average Bonchev–Trinajstić information content (AvgIpc) is 2.56. The largest absolute Gasteiger partial charge is 0.370 e. The molecule has 21 heavy (non-hydrogen) atoms. The fourth-order valence-corrected chi connectivity index (χ4v) is 4.07. The zero-order chi connectivity index (χ0) is 14.5. The van der Waals surface area contributed by atoms with Gasteiger partial charge in [0.25, 0.3) is 0 Å². The molecular weight excluding hydrogens is 256 g/mol. The lowest BCUT2D eigenvalue weighted by atomic mass is 9.89. The lowest BCUT2D eigenvalue weighted by Gasteiger charge is -2.41. The third-order valence-electron chi connectivity index (χ3n) is 5.31. The van der Waals surface area contributed by atoms with Crippen molar-refractivity contribution < 1.29 is 0 Å². The quantitative estimate of drug-likeness (QED) is 0.892. The molecule has 1 N–H and O–H groups in total. The van der Waals surface area contributed by atoms with Crippen LogP contribution < -0.4 is 10.2 Å². The summed E-state index contributed by atoms with van der Waals surface area (Å²) in [5, 5.41) is 3.98. The van der Waals surface area contributed by atoms with Gasteiger partial charge in [0, 0.05) is 30.9 Å². The normalized spacial score (nSPS) is 27.8. The zero-order valence-corrected chi connectivity index (χ0v) is 13.4. The third kappa shape index (κ3) is 4.00. The first-order valence-electron chi connectivity index (χ1n) is 8.91. The molecule has 2 aliphatic rings. The first kappa shape index (κ1) is 14.9. The third-order valence-corrected chi connectivity index (χ3v) is 5.31. The summed E-state index contributed by atoms with van der Waals surface area (Å²) in [7, 11) is 0. The first-order valence-corrected chi connectivity index (χ1v) is 8.91. The lowest BCUT2D eigenvalue weighted by molar-refractivity contribution is 0.273. The topological polar surface area (TPSA) is 15.3 Å². The van der Waals surface area contributed by atoms with Crippen LogP contribution >= 0.6 is 0 Å². The highest BCUT2D eigenvalue weighted by Gasteiger charge is 2.28. The van der Waals surface area contributed by atoms with Gasteiger partial charge in [0.1, 0.15) is 0 Å². The molecule has 1 saturated carbocycles. The van der Waals surface area contributed by atoms with Gasteiger partial charge in [-0.3, -0.25) is 0 Å². The molecule has 2 atom stereocenters. The Morgan fingerprint density at radius 3 is 2.48 bits per heavy atom. The van der Waals surface area contributed by atoms with Crippen LogP contribution in [0.1, 0.15) is 51.9 Å². The van der Waals surface area contributed by atoms with E-state index in [0.29, 0.717) is 6.04 Å². The fraction of sp³-hybridized carbons (Fsp3) is 0.684. The molecule has 3 rings (SSSR count). The number of nitrogens with zero attached hydrogens (tertiary/aromatic N) is 1. The van der Waals surface area contributed by atoms with E-state index < -0.39 is 0 Å². The van der Waals surface area contributed by atoms with Gasteiger partial charge in [-0.15, -0.1) is 0 Å². The summed E-state index contributed by atoms with van der Waals surface area (Å²) in [4.78, 5) is 2.60. The lowest BCUT2D eigenvalue weighted by Crippen LogP contribution is -2.52. The second-order valence-corrected chi connectivity index (χ2v) is 6.95. The maximum atomic E-state index is 3.98. The molecule has 0 spiro atoms. The van der Waals surface area contributed by atoms with Gasteiger partial charge in [0.15, 0.2) is 0 Å². The molecule has 2 nitrogen and oxygen atoms in total. The molecule has 2 fully saturated rings. The van der Waals surface area contributed by atoms with Crippen LogP contribution in [0.15, 0.2) is 30.3 Å². The molecule has 1 aliphatic heterocycles. The predicted molar refractivity (Wildman–Crippen MR) is 90.8 cm³/mol. The van der Waals surface area contributed by atoms with Gasteiger partial charge in [-0.2, -0.15) is 0 Å². The molecule has 0 aromatic heterocycles. The second-order valence-electron chi connectivity index (χ2n) is 6.95. The Morgan fingerprint density at radius 1 is 1.00 bits per heavy atom. The van der Waals surface area contributed by atoms with Gasteiger partial charge < -0.3 is 10.2 Å². The maximum Gasteiger partial charge on any atom is 0.0366 e. The average molecular weight is 286 g/mol. The minimum atomic E-state index is 0.673. The minimum absolute atomic E-state index is 0.673. The molecule has 116 valence electrons. The summed E-state index contributed by atoms with van der Waals surface area (Å²) < 4.78 is 0. The summed E-state index contributed by atoms with van der Waals surface area (Å²) in [5.41, 5.74) is 1.39. The Morgan fingerprint density at radius 2 is 1.76 bits per heavy atom. The van der Waals surface area contributed by atoms with Gasteiger partial charge in [-0.05, 0) is 37.3 Å². The van der Waals surface area contributed by atoms with Gasteiger partial charge in [-0.25, -0.2) is 0 Å². The fourth-order valence-electron chi connectivity index (χ4n) is 4.07. The number of hydrogen-bond donors (Lipinski definition) is 1. The molecule has 1 saturated heterocycles. The van der Waals surface area contributed by atoms with Crippen LogP contribution in [0, 0.1) is 5.92 Å². The highest BCUT2D eigenvalue weighted by Crippen LogP contribution is 2.26. The molecule has 0 amide bonds. The van der Waals surface area contributed by atoms with E-state index in [2.05, 4.69) is 47.5 Å². The minimum Gasteiger partial charge on any atom is -0.370 e. The molecule has 0 radical (unpaired) electrons. The van der Waals surface area contributed by atoms with Crippen molar-refractivity contribution in [2.24, 2.45) is 5.92 Å². The van der Waals surface area contributed by atoms with Crippen molar-refractivity contribution in [1.82, 2.24) is 5.32 Å². The smallest absolute Gasteiger partial charge is 0.0366 e. The van der Waals surface area contributed by atoms with Crippen molar-refractivity contribution in [3.8, 4) is 0 Å². The summed E-state index contributed by atoms with van der Waals surface area (Å²) in [5.74, 6) is 0.833. The Hall–Kier alpha value is -1.02. The molecule has 1 aromatic carbocycles.